The van der Waals surface area contributed by atoms with Gasteiger partial charge in [0, 0.05) is 26.1 Å². The standard InChI is InChI=1S/C14H17N5O3/c1-3-11-15-13(17-22-11)10-5-4-8-19(10)14(21)9-6-7-12(20)18(2)16-9/h6-7,10H,3-5,8H2,1-2H3. The summed E-state index contributed by atoms with van der Waals surface area (Å²) in [6.45, 7) is 2.55. The van der Waals surface area contributed by atoms with Crippen molar-refractivity contribution < 1.29 is 9.32 Å². The van der Waals surface area contributed by atoms with E-state index in [2.05, 4.69) is 15.2 Å². The lowest BCUT2D eigenvalue weighted by molar-refractivity contribution is 0.0719. The molecule has 8 nitrogen and oxygen atoms in total. The van der Waals surface area contributed by atoms with Gasteiger partial charge in [-0.3, -0.25) is 9.59 Å². The van der Waals surface area contributed by atoms with E-state index in [1.54, 1.807) is 4.90 Å². The van der Waals surface area contributed by atoms with Crippen LogP contribution in [0.1, 0.15) is 48.0 Å². The van der Waals surface area contributed by atoms with Crippen LogP contribution in [0.4, 0.5) is 0 Å². The number of aromatic nitrogens is 4. The second kappa shape index (κ2) is 5.70. The van der Waals surface area contributed by atoms with Gasteiger partial charge in [0.15, 0.2) is 5.82 Å². The first-order valence-corrected chi connectivity index (χ1v) is 7.28. The van der Waals surface area contributed by atoms with Gasteiger partial charge in [0.1, 0.15) is 5.69 Å². The molecule has 1 amide bonds. The Morgan fingerprint density at radius 2 is 2.27 bits per heavy atom. The predicted octanol–water partition coefficient (Wildman–Crippen LogP) is 0.703. The highest BCUT2D eigenvalue weighted by Crippen LogP contribution is 2.31. The summed E-state index contributed by atoms with van der Waals surface area (Å²) in [4.78, 5) is 30.0. The van der Waals surface area contributed by atoms with Crippen molar-refractivity contribution in [3.05, 3.63) is 39.9 Å². The maximum absolute atomic E-state index is 12.6. The van der Waals surface area contributed by atoms with Crippen molar-refractivity contribution in [2.24, 2.45) is 7.05 Å². The van der Waals surface area contributed by atoms with E-state index in [4.69, 9.17) is 4.52 Å². The maximum Gasteiger partial charge on any atom is 0.274 e. The molecule has 0 saturated carbocycles. The molecule has 0 N–H and O–H groups in total. The Kier molecular flexibility index (Phi) is 3.74. The summed E-state index contributed by atoms with van der Waals surface area (Å²) in [5.74, 6) is 0.878. The molecule has 1 fully saturated rings. The molecule has 2 aromatic rings. The lowest BCUT2D eigenvalue weighted by Crippen LogP contribution is -2.33. The van der Waals surface area contributed by atoms with E-state index in [1.807, 2.05) is 6.92 Å². The zero-order chi connectivity index (χ0) is 15.7. The molecule has 1 unspecified atom stereocenters. The monoisotopic (exact) mass is 303 g/mol. The highest BCUT2D eigenvalue weighted by molar-refractivity contribution is 5.92. The fourth-order valence-electron chi connectivity index (χ4n) is 2.59. The zero-order valence-electron chi connectivity index (χ0n) is 12.5. The number of hydrogen-bond donors (Lipinski definition) is 0. The lowest BCUT2D eigenvalue weighted by atomic mass is 10.2. The van der Waals surface area contributed by atoms with Crippen LogP contribution in [0.2, 0.25) is 0 Å². The summed E-state index contributed by atoms with van der Waals surface area (Å²) in [5.41, 5.74) is -0.00603. The van der Waals surface area contributed by atoms with Crippen LogP contribution in [0.25, 0.3) is 0 Å². The van der Waals surface area contributed by atoms with Crippen LogP contribution in [0.15, 0.2) is 21.5 Å². The van der Waals surface area contributed by atoms with Crippen molar-refractivity contribution in [1.29, 1.82) is 0 Å². The number of carbonyl (C=O) groups is 1. The van der Waals surface area contributed by atoms with Crippen LogP contribution in [0.5, 0.6) is 0 Å². The third-order valence-electron chi connectivity index (χ3n) is 3.78. The summed E-state index contributed by atoms with van der Waals surface area (Å²) in [5, 5.41) is 7.99. The summed E-state index contributed by atoms with van der Waals surface area (Å²) in [6, 6.07) is 2.60. The predicted molar refractivity (Wildman–Crippen MR) is 76.2 cm³/mol. The minimum Gasteiger partial charge on any atom is -0.339 e. The van der Waals surface area contributed by atoms with Gasteiger partial charge in [-0.25, -0.2) is 4.68 Å². The van der Waals surface area contributed by atoms with Crippen molar-refractivity contribution in [1.82, 2.24) is 24.8 Å². The van der Waals surface area contributed by atoms with E-state index in [9.17, 15) is 9.59 Å². The molecule has 0 spiro atoms. The number of aryl methyl sites for hydroxylation is 2. The van der Waals surface area contributed by atoms with E-state index in [-0.39, 0.29) is 23.2 Å². The molecule has 1 saturated heterocycles. The first kappa shape index (κ1) is 14.4. The molecule has 0 aliphatic carbocycles. The Morgan fingerprint density at radius 3 is 2.95 bits per heavy atom. The van der Waals surface area contributed by atoms with Gasteiger partial charge in [0.2, 0.25) is 5.89 Å². The Morgan fingerprint density at radius 1 is 1.45 bits per heavy atom. The van der Waals surface area contributed by atoms with Gasteiger partial charge in [-0.05, 0) is 18.9 Å². The lowest BCUT2D eigenvalue weighted by Gasteiger charge is -2.21. The summed E-state index contributed by atoms with van der Waals surface area (Å²) in [6.07, 6.45) is 2.33. The number of nitrogens with zero attached hydrogens (tertiary/aromatic N) is 5. The van der Waals surface area contributed by atoms with Crippen molar-refractivity contribution >= 4 is 5.91 Å². The Hall–Kier alpha value is -2.51. The maximum atomic E-state index is 12.6. The summed E-state index contributed by atoms with van der Waals surface area (Å²) < 4.78 is 6.29. The molecule has 3 heterocycles. The molecule has 22 heavy (non-hydrogen) atoms. The quantitative estimate of drug-likeness (QED) is 0.828. The number of amides is 1. The Balaban J connectivity index is 1.87. The van der Waals surface area contributed by atoms with Crippen molar-refractivity contribution in [2.45, 2.75) is 32.2 Å². The molecular weight excluding hydrogens is 286 g/mol. The molecule has 3 rings (SSSR count). The normalized spacial score (nSPS) is 17.9. The molecule has 116 valence electrons. The highest BCUT2D eigenvalue weighted by Gasteiger charge is 2.34. The highest BCUT2D eigenvalue weighted by atomic mass is 16.5. The SMILES string of the molecule is CCc1nc(C2CCCN2C(=O)c2ccc(=O)n(C)n2)no1. The number of carbonyl (C=O) groups excluding carboxylic acids is 1. The minimum absolute atomic E-state index is 0.199. The Labute approximate surface area is 126 Å². The van der Waals surface area contributed by atoms with E-state index in [1.165, 1.54) is 19.2 Å². The largest absolute Gasteiger partial charge is 0.339 e. The van der Waals surface area contributed by atoms with Gasteiger partial charge in [0.05, 0.1) is 6.04 Å². The average Bonchev–Trinajstić information content (AvgIpc) is 3.17. The molecular formula is C14H17N5O3. The van der Waals surface area contributed by atoms with Gasteiger partial charge in [0.25, 0.3) is 11.5 Å². The van der Waals surface area contributed by atoms with Gasteiger partial charge in [-0.2, -0.15) is 10.1 Å². The van der Waals surface area contributed by atoms with Crippen LogP contribution in [-0.2, 0) is 13.5 Å². The van der Waals surface area contributed by atoms with E-state index >= 15 is 0 Å². The first-order chi connectivity index (χ1) is 10.6. The van der Waals surface area contributed by atoms with Crippen molar-refractivity contribution in [3.63, 3.8) is 0 Å². The van der Waals surface area contributed by atoms with Crippen LogP contribution in [-0.4, -0.2) is 37.3 Å². The third kappa shape index (κ3) is 2.51. The van der Waals surface area contributed by atoms with Gasteiger partial charge >= 0.3 is 0 Å². The van der Waals surface area contributed by atoms with Crippen LogP contribution in [0, 0.1) is 0 Å². The van der Waals surface area contributed by atoms with Crippen molar-refractivity contribution in [2.75, 3.05) is 6.54 Å². The molecule has 0 bridgehead atoms. The second-order valence-electron chi connectivity index (χ2n) is 5.24. The molecule has 1 aliphatic heterocycles. The molecule has 0 aromatic carbocycles. The summed E-state index contributed by atoms with van der Waals surface area (Å²) in [7, 11) is 1.52. The third-order valence-corrected chi connectivity index (χ3v) is 3.78. The molecule has 1 atom stereocenters. The zero-order valence-corrected chi connectivity index (χ0v) is 12.5. The number of likely N-dealkylation sites (tertiary alicyclic amines) is 1. The van der Waals surface area contributed by atoms with E-state index < -0.39 is 0 Å². The molecule has 1 aliphatic rings. The minimum atomic E-state index is -0.250. The van der Waals surface area contributed by atoms with Gasteiger partial charge in [-0.15, -0.1) is 0 Å². The first-order valence-electron chi connectivity index (χ1n) is 7.28. The van der Waals surface area contributed by atoms with Gasteiger partial charge in [-0.1, -0.05) is 12.1 Å². The van der Waals surface area contributed by atoms with Crippen LogP contribution >= 0.6 is 0 Å². The summed E-state index contributed by atoms with van der Waals surface area (Å²) >= 11 is 0. The average molecular weight is 303 g/mol. The topological polar surface area (TPSA) is 94.1 Å². The van der Waals surface area contributed by atoms with E-state index in [0.29, 0.717) is 24.7 Å². The number of hydrogen-bond acceptors (Lipinski definition) is 6. The smallest absolute Gasteiger partial charge is 0.274 e. The fraction of sp³-hybridized carbons (Fsp3) is 0.500. The van der Waals surface area contributed by atoms with E-state index in [0.717, 1.165) is 17.5 Å². The fourth-order valence-corrected chi connectivity index (χ4v) is 2.59. The molecule has 0 radical (unpaired) electrons. The van der Waals surface area contributed by atoms with Crippen LogP contribution in [0.3, 0.4) is 0 Å². The molecule has 2 aromatic heterocycles. The van der Waals surface area contributed by atoms with Crippen LogP contribution < -0.4 is 5.56 Å². The number of rotatable bonds is 3. The van der Waals surface area contributed by atoms with Gasteiger partial charge < -0.3 is 9.42 Å². The second-order valence-corrected chi connectivity index (χ2v) is 5.24. The molecule has 8 heteroatoms. The van der Waals surface area contributed by atoms with Crippen molar-refractivity contribution in [3.8, 4) is 0 Å². The Bertz CT molecular complexity index is 751.